The molecule has 0 aromatic heterocycles. The number of esters is 2. The molecule has 24 heavy (non-hydrogen) atoms. The highest BCUT2D eigenvalue weighted by atomic mass is 16.6. The molecule has 0 aromatic rings. The molecule has 0 heterocycles. The molecule has 0 spiro atoms. The summed E-state index contributed by atoms with van der Waals surface area (Å²) in [4.78, 5) is 35.7. The van der Waals surface area contributed by atoms with Gasteiger partial charge < -0.3 is 14.6 Å². The monoisotopic (exact) mass is 336 g/mol. The van der Waals surface area contributed by atoms with Crippen molar-refractivity contribution in [3.8, 4) is 0 Å². The van der Waals surface area contributed by atoms with E-state index in [1.807, 2.05) is 0 Å². The highest BCUT2D eigenvalue weighted by molar-refractivity contribution is 5.85. The highest BCUT2D eigenvalue weighted by Crippen LogP contribution is 2.54. The molecule has 7 atom stereocenters. The molecular weight excluding hydrogens is 312 g/mol. The van der Waals surface area contributed by atoms with Crippen LogP contribution in [0, 0.1) is 35.5 Å². The van der Waals surface area contributed by atoms with Crippen molar-refractivity contribution in [1.82, 2.24) is 0 Å². The zero-order valence-electron chi connectivity index (χ0n) is 13.7. The van der Waals surface area contributed by atoms with Crippen molar-refractivity contribution in [2.45, 2.75) is 51.0 Å². The van der Waals surface area contributed by atoms with Crippen LogP contribution < -0.4 is 0 Å². The second kappa shape index (κ2) is 6.05. The second-order valence-corrected chi connectivity index (χ2v) is 8.04. The Morgan fingerprint density at radius 1 is 0.833 bits per heavy atom. The topological polar surface area (TPSA) is 89.9 Å². The zero-order chi connectivity index (χ0) is 16.8. The Hall–Kier alpha value is -1.59. The largest absolute Gasteiger partial charge is 0.479 e. The Kier molecular flexibility index (Phi) is 4.01. The Morgan fingerprint density at radius 2 is 1.50 bits per heavy atom. The summed E-state index contributed by atoms with van der Waals surface area (Å²) in [6, 6.07) is 0. The number of aliphatic carboxylic acids is 1. The van der Waals surface area contributed by atoms with E-state index < -0.39 is 30.4 Å². The third-order valence-electron chi connectivity index (χ3n) is 6.74. The molecule has 6 heteroatoms. The van der Waals surface area contributed by atoms with E-state index in [2.05, 4.69) is 0 Å². The number of ether oxygens (including phenoxy) is 2. The van der Waals surface area contributed by atoms with Gasteiger partial charge in [-0.25, -0.2) is 4.79 Å². The quantitative estimate of drug-likeness (QED) is 0.773. The first-order valence-corrected chi connectivity index (χ1v) is 9.12. The molecule has 0 radical (unpaired) electrons. The predicted octanol–water partition coefficient (Wildman–Crippen LogP) is 2.01. The van der Waals surface area contributed by atoms with Gasteiger partial charge >= 0.3 is 17.9 Å². The first-order chi connectivity index (χ1) is 11.5. The van der Waals surface area contributed by atoms with Crippen LogP contribution >= 0.6 is 0 Å². The first kappa shape index (κ1) is 15.9. The van der Waals surface area contributed by atoms with E-state index >= 15 is 0 Å². The van der Waals surface area contributed by atoms with Crippen molar-refractivity contribution in [3.05, 3.63) is 0 Å². The third kappa shape index (κ3) is 2.70. The average molecular weight is 336 g/mol. The number of rotatable bonds is 5. The Bertz CT molecular complexity index is 558. The van der Waals surface area contributed by atoms with Crippen LogP contribution in [0.15, 0.2) is 0 Å². The van der Waals surface area contributed by atoms with Gasteiger partial charge in [-0.05, 0) is 68.6 Å². The van der Waals surface area contributed by atoms with E-state index in [9.17, 15) is 14.4 Å². The lowest BCUT2D eigenvalue weighted by atomic mass is 9.79. The fourth-order valence-corrected chi connectivity index (χ4v) is 5.76. The lowest BCUT2D eigenvalue weighted by molar-refractivity contribution is -0.170. The summed E-state index contributed by atoms with van der Waals surface area (Å²) in [7, 11) is 0. The molecule has 0 aliphatic heterocycles. The van der Waals surface area contributed by atoms with Crippen LogP contribution in [-0.4, -0.2) is 35.7 Å². The van der Waals surface area contributed by atoms with Gasteiger partial charge in [0, 0.05) is 0 Å². The standard InChI is InChI=1S/C18H24O6/c19-14(20)8-23-17(21)15-11-3-4-12(7-11)16(15)18(22)24-13-6-9-1-2-10(13)5-9/h9-13,15-16H,1-8H2,(H,19,20). The summed E-state index contributed by atoms with van der Waals surface area (Å²) in [5, 5.41) is 8.69. The molecule has 4 rings (SSSR count). The van der Waals surface area contributed by atoms with Crippen LogP contribution in [-0.2, 0) is 23.9 Å². The highest BCUT2D eigenvalue weighted by Gasteiger charge is 2.56. The minimum absolute atomic E-state index is 0.0195. The normalized spacial score (nSPS) is 42.2. The van der Waals surface area contributed by atoms with Gasteiger partial charge in [0.1, 0.15) is 6.10 Å². The van der Waals surface area contributed by atoms with Crippen molar-refractivity contribution in [2.75, 3.05) is 6.61 Å². The summed E-state index contributed by atoms with van der Waals surface area (Å²) < 4.78 is 10.7. The number of hydrogen-bond donors (Lipinski definition) is 1. The number of hydrogen-bond acceptors (Lipinski definition) is 5. The van der Waals surface area contributed by atoms with Crippen LogP contribution in [0.25, 0.3) is 0 Å². The fourth-order valence-electron chi connectivity index (χ4n) is 5.76. The molecule has 4 bridgehead atoms. The fraction of sp³-hybridized carbons (Fsp3) is 0.833. The van der Waals surface area contributed by atoms with Gasteiger partial charge in [0.05, 0.1) is 11.8 Å². The van der Waals surface area contributed by atoms with Crippen LogP contribution in [0.1, 0.15) is 44.9 Å². The lowest BCUT2D eigenvalue weighted by Crippen LogP contribution is -2.39. The summed E-state index contributed by atoms with van der Waals surface area (Å²) >= 11 is 0. The Morgan fingerprint density at radius 3 is 2.08 bits per heavy atom. The molecule has 0 saturated heterocycles. The van der Waals surface area contributed by atoms with E-state index in [0.29, 0.717) is 11.8 Å². The molecule has 6 nitrogen and oxygen atoms in total. The number of fused-ring (bicyclic) bond motifs is 4. The molecule has 4 aliphatic rings. The van der Waals surface area contributed by atoms with Crippen molar-refractivity contribution in [3.63, 3.8) is 0 Å². The maximum absolute atomic E-state index is 12.8. The first-order valence-electron chi connectivity index (χ1n) is 9.12. The molecule has 4 fully saturated rings. The van der Waals surface area contributed by atoms with E-state index in [-0.39, 0.29) is 23.9 Å². The van der Waals surface area contributed by atoms with Gasteiger partial charge in [0.2, 0.25) is 0 Å². The van der Waals surface area contributed by atoms with Gasteiger partial charge in [-0.15, -0.1) is 0 Å². The minimum Gasteiger partial charge on any atom is -0.479 e. The Labute approximate surface area is 140 Å². The van der Waals surface area contributed by atoms with E-state index in [1.54, 1.807) is 0 Å². The number of carbonyl (C=O) groups is 3. The molecule has 4 saturated carbocycles. The zero-order valence-corrected chi connectivity index (χ0v) is 13.7. The van der Waals surface area contributed by atoms with Crippen molar-refractivity contribution in [1.29, 1.82) is 0 Å². The van der Waals surface area contributed by atoms with Gasteiger partial charge in [0.15, 0.2) is 6.61 Å². The number of carbonyl (C=O) groups excluding carboxylic acids is 2. The van der Waals surface area contributed by atoms with Crippen LogP contribution in [0.4, 0.5) is 0 Å². The third-order valence-corrected chi connectivity index (χ3v) is 6.74. The van der Waals surface area contributed by atoms with Crippen LogP contribution in [0.2, 0.25) is 0 Å². The van der Waals surface area contributed by atoms with E-state index in [0.717, 1.165) is 32.1 Å². The second-order valence-electron chi connectivity index (χ2n) is 8.04. The van der Waals surface area contributed by atoms with Crippen LogP contribution in [0.5, 0.6) is 0 Å². The smallest absolute Gasteiger partial charge is 0.341 e. The minimum atomic E-state index is -1.17. The number of carboxylic acids is 1. The molecule has 1 N–H and O–H groups in total. The van der Waals surface area contributed by atoms with Crippen molar-refractivity contribution >= 4 is 17.9 Å². The van der Waals surface area contributed by atoms with Crippen molar-refractivity contribution < 1.29 is 29.0 Å². The van der Waals surface area contributed by atoms with E-state index in [4.69, 9.17) is 14.6 Å². The summed E-state index contributed by atoms with van der Waals surface area (Å²) in [6.45, 7) is -0.638. The molecule has 7 unspecified atom stereocenters. The predicted molar refractivity (Wildman–Crippen MR) is 81.7 cm³/mol. The van der Waals surface area contributed by atoms with E-state index in [1.165, 1.54) is 12.8 Å². The molecule has 0 amide bonds. The summed E-state index contributed by atoms with van der Waals surface area (Å²) in [6.07, 6.45) is 7.25. The number of carboxylic acid groups (broad SMARTS) is 1. The Balaban J connectivity index is 1.42. The van der Waals surface area contributed by atoms with Gasteiger partial charge in [-0.3, -0.25) is 9.59 Å². The summed E-state index contributed by atoms with van der Waals surface area (Å²) in [5.41, 5.74) is 0. The molecular formula is C18H24O6. The SMILES string of the molecule is O=C(O)COC(=O)C1C2CCC(C2)C1C(=O)OC1CC2CCC1C2. The van der Waals surface area contributed by atoms with Crippen LogP contribution in [0.3, 0.4) is 0 Å². The maximum Gasteiger partial charge on any atom is 0.341 e. The van der Waals surface area contributed by atoms with Gasteiger partial charge in [-0.2, -0.15) is 0 Å². The average Bonchev–Trinajstić information content (AvgIpc) is 3.31. The molecule has 0 aromatic carbocycles. The summed E-state index contributed by atoms with van der Waals surface area (Å²) in [5.74, 6) is -1.42. The maximum atomic E-state index is 12.8. The van der Waals surface area contributed by atoms with Gasteiger partial charge in [0.25, 0.3) is 0 Å². The lowest BCUT2D eigenvalue weighted by Gasteiger charge is -2.30. The van der Waals surface area contributed by atoms with Gasteiger partial charge in [-0.1, -0.05) is 0 Å². The molecule has 132 valence electrons. The van der Waals surface area contributed by atoms with Crippen molar-refractivity contribution in [2.24, 2.45) is 35.5 Å². The molecule has 4 aliphatic carbocycles.